The first-order valence-corrected chi connectivity index (χ1v) is 39.7. The van der Waals surface area contributed by atoms with Crippen LogP contribution in [-0.2, 0) is 0 Å². The van der Waals surface area contributed by atoms with Gasteiger partial charge in [0.25, 0.3) is 0 Å². The lowest BCUT2D eigenvalue weighted by Crippen LogP contribution is -1.93. The van der Waals surface area contributed by atoms with E-state index < -0.39 is 0 Å². The summed E-state index contributed by atoms with van der Waals surface area (Å²) in [7, 11) is 0. The normalized spacial score (nSPS) is 11.8. The zero-order valence-electron chi connectivity index (χ0n) is 62.9. The largest absolute Gasteiger partial charge is 0.456 e. The van der Waals surface area contributed by atoms with Crippen LogP contribution in [0.5, 0.6) is 0 Å². The van der Waals surface area contributed by atoms with Crippen molar-refractivity contribution in [1.82, 2.24) is 0 Å². The van der Waals surface area contributed by atoms with Crippen molar-refractivity contribution in [3.8, 4) is 111 Å². The number of hydrogen-bond donors (Lipinski definition) is 0. The van der Waals surface area contributed by atoms with Crippen LogP contribution in [0.1, 0.15) is 0 Å². The minimum absolute atomic E-state index is 0.888. The fourth-order valence-electron chi connectivity index (χ4n) is 18.5. The van der Waals surface area contributed by atoms with Gasteiger partial charge in [0.05, 0.1) is 0 Å². The molecule has 0 atom stereocenters. The van der Waals surface area contributed by atoms with E-state index in [1.54, 1.807) is 0 Å². The zero-order chi connectivity index (χ0) is 76.3. The molecule has 540 valence electrons. The van der Waals surface area contributed by atoms with Crippen LogP contribution in [-0.4, -0.2) is 0 Å². The number of hydrogen-bond acceptors (Lipinski definition) is 4. The van der Waals surface area contributed by atoms with Crippen molar-refractivity contribution >= 4 is 131 Å². The van der Waals surface area contributed by atoms with Gasteiger partial charge in [-0.1, -0.05) is 328 Å². The molecule has 24 aromatic rings. The van der Waals surface area contributed by atoms with Gasteiger partial charge in [-0.15, -0.1) is 0 Å². The Kier molecular flexibility index (Phi) is 15.6. The van der Waals surface area contributed by atoms with Crippen molar-refractivity contribution in [1.29, 1.82) is 0 Å². The van der Waals surface area contributed by atoms with E-state index in [4.69, 9.17) is 17.7 Å². The maximum absolute atomic E-state index is 6.44. The van der Waals surface area contributed by atoms with E-state index in [0.717, 1.165) is 110 Å². The van der Waals surface area contributed by atoms with E-state index in [0.29, 0.717) is 0 Å². The molecule has 0 spiro atoms. The lowest BCUT2D eigenvalue weighted by Gasteiger charge is -2.20. The monoisotopic (exact) mass is 1480 g/mol. The summed E-state index contributed by atoms with van der Waals surface area (Å²) < 4.78 is 25.4. The van der Waals surface area contributed by atoms with E-state index in [9.17, 15) is 0 Å². The van der Waals surface area contributed by atoms with Gasteiger partial charge in [0.15, 0.2) is 0 Å². The molecule has 0 aliphatic heterocycles. The van der Waals surface area contributed by atoms with Crippen molar-refractivity contribution in [3.05, 3.63) is 413 Å². The van der Waals surface area contributed by atoms with E-state index in [2.05, 4.69) is 376 Å². The van der Waals surface area contributed by atoms with Crippen LogP contribution >= 0.6 is 0 Å². The summed E-state index contributed by atoms with van der Waals surface area (Å²) in [5.74, 6) is 0. The Labute approximate surface area is 667 Å². The smallest absolute Gasteiger partial charge is 0.136 e. The van der Waals surface area contributed by atoms with Crippen molar-refractivity contribution < 1.29 is 17.7 Å². The third-order valence-electron chi connectivity index (χ3n) is 23.8. The maximum Gasteiger partial charge on any atom is 0.136 e. The fraction of sp³-hybridized carbons (Fsp3) is 0. The molecular weight excluding hydrogens is 1410 g/mol. The van der Waals surface area contributed by atoms with Gasteiger partial charge in [-0.25, -0.2) is 0 Å². The molecule has 0 N–H and O–H groups in total. The van der Waals surface area contributed by atoms with Crippen LogP contribution in [0.4, 0.5) is 0 Å². The Bertz CT molecular complexity index is 7710. The summed E-state index contributed by atoms with van der Waals surface area (Å²) in [6, 6.07) is 149. The van der Waals surface area contributed by atoms with E-state index >= 15 is 0 Å². The highest BCUT2D eigenvalue weighted by Gasteiger charge is 2.25. The summed E-state index contributed by atoms with van der Waals surface area (Å²) in [4.78, 5) is 0. The highest BCUT2D eigenvalue weighted by atomic mass is 16.3. The topological polar surface area (TPSA) is 52.6 Å². The second kappa shape index (κ2) is 27.2. The minimum Gasteiger partial charge on any atom is -0.456 e. The molecule has 0 amide bonds. The molecule has 0 saturated carbocycles. The molecular formula is C112H68O4. The zero-order valence-corrected chi connectivity index (χ0v) is 62.9. The van der Waals surface area contributed by atoms with Crippen molar-refractivity contribution in [2.24, 2.45) is 0 Å². The Balaban J connectivity index is 0.000000137. The number of benzene rings is 20. The van der Waals surface area contributed by atoms with Gasteiger partial charge in [-0.2, -0.15) is 0 Å². The third kappa shape index (κ3) is 11.0. The molecule has 0 saturated heterocycles. The SMILES string of the molecule is c1ccc(-c2ccc(-c3c4cccc(-c5ccc6oc7ccccc7c6c5)c4cc4c(-c5ccc6oc7ccccc7c6c5)cccc34)c(-c3ccccc3)c2)cc1.c1ccc(-c2ccc(-c3c4cccc(-c5cccc6oc7ccccc7c56)c4cc4c(-c5cccc6oc7ccccc7c56)cccc34)c(-c3ccccc3)c2)cc1. The molecule has 0 bridgehead atoms. The van der Waals surface area contributed by atoms with Gasteiger partial charge < -0.3 is 17.7 Å². The second-order valence-electron chi connectivity index (χ2n) is 30.3. The average molecular weight is 1480 g/mol. The first kappa shape index (κ1) is 66.4. The predicted molar refractivity (Wildman–Crippen MR) is 486 cm³/mol. The molecule has 0 radical (unpaired) electrons. The number of rotatable bonds is 10. The summed E-state index contributed by atoms with van der Waals surface area (Å²) in [6.45, 7) is 0. The van der Waals surface area contributed by atoms with E-state index in [1.807, 2.05) is 36.4 Å². The third-order valence-corrected chi connectivity index (χ3v) is 23.8. The Morgan fingerprint density at radius 1 is 0.112 bits per heavy atom. The molecule has 4 heterocycles. The van der Waals surface area contributed by atoms with E-state index in [-0.39, 0.29) is 0 Å². The minimum atomic E-state index is 0.888. The van der Waals surface area contributed by atoms with Gasteiger partial charge in [0, 0.05) is 43.1 Å². The Morgan fingerprint density at radius 3 is 0.784 bits per heavy atom. The predicted octanol–water partition coefficient (Wildman–Crippen LogP) is 32.3. The van der Waals surface area contributed by atoms with Crippen LogP contribution in [0.2, 0.25) is 0 Å². The average Bonchev–Trinajstić information content (AvgIpc) is 1.09. The maximum atomic E-state index is 6.44. The van der Waals surface area contributed by atoms with Crippen molar-refractivity contribution in [2.45, 2.75) is 0 Å². The van der Waals surface area contributed by atoms with E-state index in [1.165, 1.54) is 132 Å². The highest BCUT2D eigenvalue weighted by molar-refractivity contribution is 6.26. The van der Waals surface area contributed by atoms with Crippen LogP contribution in [0.3, 0.4) is 0 Å². The standard InChI is InChI=1S/2C56H34O2/c1-3-15-35(16-4-1)37-31-32-44(47(33-37)36-17-5-2-6-18-36)54-42-23-11-21-38(40-25-13-29-52-55(40)45-19-7-9-27-50(45)57-52)48(42)34-49-39(22-12-24-43(49)54)41-26-14-30-53-56(41)46-20-8-10-28-51(46)58-53;1-3-13-35(14-4-1)37-25-28-46(47(31-37)36-15-5-2-6-16-36)56-44-21-11-19-40(38-26-29-54-50(32-38)42-17-7-9-23-52(42)57-54)48(44)34-49-41(20-12-22-45(49)56)39-27-30-55-51(33-39)43-18-8-10-24-53(43)58-55/h2*1-34H. The molecule has 4 nitrogen and oxygen atoms in total. The lowest BCUT2D eigenvalue weighted by atomic mass is 9.83. The fourth-order valence-corrected chi connectivity index (χ4v) is 18.5. The summed E-state index contributed by atoms with van der Waals surface area (Å²) in [5, 5.41) is 18.6. The molecule has 20 aromatic carbocycles. The highest BCUT2D eigenvalue weighted by Crippen LogP contribution is 2.52. The second-order valence-corrected chi connectivity index (χ2v) is 30.3. The molecule has 0 fully saturated rings. The van der Waals surface area contributed by atoms with Crippen molar-refractivity contribution in [3.63, 3.8) is 0 Å². The number of furan rings is 4. The number of fused-ring (bicyclic) bond motifs is 16. The van der Waals surface area contributed by atoms with Gasteiger partial charge in [0.1, 0.15) is 44.7 Å². The van der Waals surface area contributed by atoms with Crippen LogP contribution in [0.25, 0.3) is 242 Å². The van der Waals surface area contributed by atoms with Gasteiger partial charge in [0.2, 0.25) is 0 Å². The number of para-hydroxylation sites is 4. The molecule has 0 aliphatic carbocycles. The lowest BCUT2D eigenvalue weighted by molar-refractivity contribution is 0.668. The molecule has 4 aromatic heterocycles. The first-order valence-electron chi connectivity index (χ1n) is 39.7. The molecule has 0 unspecified atom stereocenters. The summed E-state index contributed by atoms with van der Waals surface area (Å²) in [6.07, 6.45) is 0. The van der Waals surface area contributed by atoms with Gasteiger partial charge in [-0.3, -0.25) is 0 Å². The van der Waals surface area contributed by atoms with Crippen LogP contribution in [0.15, 0.2) is 430 Å². The quantitative estimate of drug-likeness (QED) is 0.128. The summed E-state index contributed by atoms with van der Waals surface area (Å²) in [5.41, 5.74) is 30.8. The molecule has 0 aliphatic rings. The molecule has 4 heteroatoms. The molecule has 24 rings (SSSR count). The first-order chi connectivity index (χ1) is 57.5. The Hall–Kier alpha value is -15.4. The van der Waals surface area contributed by atoms with Crippen LogP contribution < -0.4 is 0 Å². The Morgan fingerprint density at radius 2 is 0.388 bits per heavy atom. The van der Waals surface area contributed by atoms with Crippen molar-refractivity contribution in [2.75, 3.05) is 0 Å². The molecule has 116 heavy (non-hydrogen) atoms. The van der Waals surface area contributed by atoms with Gasteiger partial charge in [-0.05, 0) is 239 Å². The van der Waals surface area contributed by atoms with Crippen LogP contribution in [0, 0.1) is 0 Å². The van der Waals surface area contributed by atoms with Gasteiger partial charge >= 0.3 is 0 Å². The summed E-state index contributed by atoms with van der Waals surface area (Å²) >= 11 is 0.